The second kappa shape index (κ2) is 9.15. The fourth-order valence-electron chi connectivity index (χ4n) is 3.43. The molecule has 2 amide bonds. The van der Waals surface area contributed by atoms with Crippen LogP contribution in [0, 0.1) is 5.92 Å². The van der Waals surface area contributed by atoms with Crippen molar-refractivity contribution in [2.75, 3.05) is 25.0 Å². The number of hydrogen-bond acceptors (Lipinski definition) is 8. The number of carbonyl (C=O) groups is 2. The molecule has 0 atom stereocenters. The van der Waals surface area contributed by atoms with E-state index in [0.29, 0.717) is 22.5 Å². The standard InChI is InChI=1S/C20H22N6O2S/c27-18-17(29-20(28)25-18)10-16-3-7-22-19(24-16)23-12-14-4-8-26(9-5-14)13-15-2-1-6-21-11-15/h1-3,6-7,10-11,14H,4-5,8-9,12-13H2,(H,22,23,24)(H,25,27,28)/b17-10+. The summed E-state index contributed by atoms with van der Waals surface area (Å²) in [5, 5.41) is 5.19. The molecule has 0 radical (unpaired) electrons. The molecule has 0 unspecified atom stereocenters. The molecule has 2 fully saturated rings. The first-order valence-corrected chi connectivity index (χ1v) is 10.4. The van der Waals surface area contributed by atoms with Crippen molar-refractivity contribution in [3.8, 4) is 0 Å². The van der Waals surface area contributed by atoms with Crippen LogP contribution in [0.1, 0.15) is 24.1 Å². The lowest BCUT2D eigenvalue weighted by Gasteiger charge is -2.32. The van der Waals surface area contributed by atoms with Crippen LogP contribution >= 0.6 is 11.8 Å². The molecule has 2 aliphatic heterocycles. The molecule has 0 aliphatic carbocycles. The highest BCUT2D eigenvalue weighted by Gasteiger charge is 2.25. The Morgan fingerprint density at radius 1 is 1.24 bits per heavy atom. The number of piperidine rings is 1. The Balaban J connectivity index is 1.26. The lowest BCUT2D eigenvalue weighted by atomic mass is 9.96. The number of carbonyl (C=O) groups excluding carboxylic acids is 2. The zero-order valence-corrected chi connectivity index (χ0v) is 16.7. The highest BCUT2D eigenvalue weighted by atomic mass is 32.2. The third kappa shape index (κ3) is 5.39. The average molecular weight is 411 g/mol. The zero-order valence-electron chi connectivity index (χ0n) is 15.9. The number of anilines is 1. The summed E-state index contributed by atoms with van der Waals surface area (Å²) in [6.07, 6.45) is 9.23. The van der Waals surface area contributed by atoms with Gasteiger partial charge in [0.05, 0.1) is 10.6 Å². The zero-order chi connectivity index (χ0) is 20.1. The van der Waals surface area contributed by atoms with E-state index in [1.54, 1.807) is 24.5 Å². The molecule has 4 heterocycles. The van der Waals surface area contributed by atoms with Crippen molar-refractivity contribution in [2.45, 2.75) is 19.4 Å². The van der Waals surface area contributed by atoms with Crippen molar-refractivity contribution >= 4 is 34.9 Å². The Morgan fingerprint density at radius 3 is 2.83 bits per heavy atom. The maximum absolute atomic E-state index is 11.7. The van der Waals surface area contributed by atoms with Gasteiger partial charge in [0, 0.05) is 31.7 Å². The topological polar surface area (TPSA) is 100 Å². The van der Waals surface area contributed by atoms with Gasteiger partial charge in [-0.3, -0.25) is 24.8 Å². The van der Waals surface area contributed by atoms with E-state index in [-0.39, 0.29) is 11.1 Å². The molecule has 0 aromatic carbocycles. The van der Waals surface area contributed by atoms with Crippen LogP contribution in [0.15, 0.2) is 41.7 Å². The first-order chi connectivity index (χ1) is 14.2. The van der Waals surface area contributed by atoms with Crippen LogP contribution in [0.5, 0.6) is 0 Å². The van der Waals surface area contributed by atoms with Gasteiger partial charge in [0.2, 0.25) is 5.95 Å². The summed E-state index contributed by atoms with van der Waals surface area (Å²) in [7, 11) is 0. The highest BCUT2D eigenvalue weighted by molar-refractivity contribution is 8.18. The van der Waals surface area contributed by atoms with E-state index in [1.807, 2.05) is 12.3 Å². The third-order valence-electron chi connectivity index (χ3n) is 4.98. The molecule has 2 aliphatic rings. The Labute approximate surface area is 173 Å². The minimum Gasteiger partial charge on any atom is -0.354 e. The molecular weight excluding hydrogens is 388 g/mol. The number of aromatic nitrogens is 3. The van der Waals surface area contributed by atoms with Gasteiger partial charge in [-0.25, -0.2) is 9.97 Å². The van der Waals surface area contributed by atoms with Crippen molar-refractivity contribution in [2.24, 2.45) is 5.92 Å². The molecule has 2 saturated heterocycles. The quantitative estimate of drug-likeness (QED) is 0.701. The maximum Gasteiger partial charge on any atom is 0.290 e. The minimum absolute atomic E-state index is 0.348. The SMILES string of the molecule is O=C1NC(=O)/C(=C\c2ccnc(NCC3CCN(Cc4cccnc4)CC3)n2)S1. The predicted molar refractivity (Wildman–Crippen MR) is 112 cm³/mol. The van der Waals surface area contributed by atoms with Crippen molar-refractivity contribution in [3.05, 3.63) is 53.0 Å². The van der Waals surface area contributed by atoms with Crippen molar-refractivity contribution in [1.29, 1.82) is 0 Å². The number of thioether (sulfide) groups is 1. The fraction of sp³-hybridized carbons (Fsp3) is 0.350. The van der Waals surface area contributed by atoms with E-state index in [9.17, 15) is 9.59 Å². The smallest absolute Gasteiger partial charge is 0.290 e. The van der Waals surface area contributed by atoms with Gasteiger partial charge in [-0.05, 0) is 67.4 Å². The predicted octanol–water partition coefficient (Wildman–Crippen LogP) is 2.52. The fourth-order valence-corrected chi connectivity index (χ4v) is 4.09. The van der Waals surface area contributed by atoms with Crippen molar-refractivity contribution in [1.82, 2.24) is 25.2 Å². The van der Waals surface area contributed by atoms with Gasteiger partial charge >= 0.3 is 0 Å². The molecule has 29 heavy (non-hydrogen) atoms. The van der Waals surface area contributed by atoms with Crippen molar-refractivity contribution < 1.29 is 9.59 Å². The van der Waals surface area contributed by atoms with E-state index >= 15 is 0 Å². The largest absolute Gasteiger partial charge is 0.354 e. The Kier molecular flexibility index (Phi) is 6.16. The first kappa shape index (κ1) is 19.5. The summed E-state index contributed by atoms with van der Waals surface area (Å²) in [6.45, 7) is 3.89. The summed E-state index contributed by atoms with van der Waals surface area (Å²) in [5.41, 5.74) is 1.85. The molecule has 0 bridgehead atoms. The summed E-state index contributed by atoms with van der Waals surface area (Å²) in [5.74, 6) is 0.720. The van der Waals surface area contributed by atoms with Gasteiger partial charge in [0.25, 0.3) is 11.1 Å². The highest BCUT2D eigenvalue weighted by Crippen LogP contribution is 2.25. The normalized spacial score (nSPS) is 19.5. The van der Waals surface area contributed by atoms with Crippen LogP contribution in [0.2, 0.25) is 0 Å². The molecule has 0 saturated carbocycles. The summed E-state index contributed by atoms with van der Waals surface area (Å²) in [6, 6.07) is 5.81. The summed E-state index contributed by atoms with van der Waals surface area (Å²) in [4.78, 5) is 38.6. The summed E-state index contributed by atoms with van der Waals surface area (Å²) >= 11 is 0.883. The second-order valence-corrected chi connectivity index (χ2v) is 8.13. The Hall–Kier alpha value is -2.78. The number of amides is 2. The molecular formula is C20H22N6O2S. The number of likely N-dealkylation sites (tertiary alicyclic amines) is 1. The van der Waals surface area contributed by atoms with Gasteiger partial charge in [-0.2, -0.15) is 0 Å². The van der Waals surface area contributed by atoms with Crippen LogP contribution in [-0.2, 0) is 11.3 Å². The molecule has 2 aromatic rings. The van der Waals surface area contributed by atoms with E-state index in [0.717, 1.165) is 50.8 Å². The first-order valence-electron chi connectivity index (χ1n) is 9.59. The third-order valence-corrected chi connectivity index (χ3v) is 5.79. The monoisotopic (exact) mass is 410 g/mol. The molecule has 150 valence electrons. The lowest BCUT2D eigenvalue weighted by molar-refractivity contribution is -0.115. The van der Waals surface area contributed by atoms with Crippen LogP contribution in [0.25, 0.3) is 6.08 Å². The van der Waals surface area contributed by atoms with E-state index < -0.39 is 0 Å². The van der Waals surface area contributed by atoms with Crippen LogP contribution in [0.3, 0.4) is 0 Å². The number of hydrogen-bond donors (Lipinski definition) is 2. The van der Waals surface area contributed by atoms with E-state index in [2.05, 4.69) is 36.6 Å². The summed E-state index contributed by atoms with van der Waals surface area (Å²) < 4.78 is 0. The average Bonchev–Trinajstić information content (AvgIpc) is 3.05. The number of rotatable bonds is 6. The van der Waals surface area contributed by atoms with Gasteiger partial charge in [0.1, 0.15) is 0 Å². The van der Waals surface area contributed by atoms with Crippen LogP contribution < -0.4 is 10.6 Å². The minimum atomic E-state index is -0.383. The van der Waals surface area contributed by atoms with Crippen LogP contribution in [0.4, 0.5) is 10.7 Å². The Bertz CT molecular complexity index is 912. The second-order valence-electron chi connectivity index (χ2n) is 7.12. The van der Waals surface area contributed by atoms with E-state index in [4.69, 9.17) is 0 Å². The number of nitrogens with one attached hydrogen (secondary N) is 2. The molecule has 4 rings (SSSR count). The van der Waals surface area contributed by atoms with Crippen molar-refractivity contribution in [3.63, 3.8) is 0 Å². The van der Waals surface area contributed by atoms with Gasteiger partial charge in [-0.15, -0.1) is 0 Å². The molecule has 2 aromatic heterocycles. The molecule has 0 spiro atoms. The number of imide groups is 1. The van der Waals surface area contributed by atoms with E-state index in [1.165, 1.54) is 5.56 Å². The molecule has 8 nitrogen and oxygen atoms in total. The van der Waals surface area contributed by atoms with Gasteiger partial charge < -0.3 is 5.32 Å². The molecule has 9 heteroatoms. The maximum atomic E-state index is 11.7. The van der Waals surface area contributed by atoms with Gasteiger partial charge in [-0.1, -0.05) is 6.07 Å². The number of pyridine rings is 1. The number of nitrogens with zero attached hydrogens (tertiary/aromatic N) is 4. The van der Waals surface area contributed by atoms with Crippen LogP contribution in [-0.4, -0.2) is 50.6 Å². The molecule has 2 N–H and O–H groups in total. The Morgan fingerprint density at radius 2 is 2.10 bits per heavy atom. The lowest BCUT2D eigenvalue weighted by Crippen LogP contribution is -2.35. The van der Waals surface area contributed by atoms with Gasteiger partial charge in [0.15, 0.2) is 0 Å².